The summed E-state index contributed by atoms with van der Waals surface area (Å²) in [6.07, 6.45) is 1.57. The molecular weight excluding hydrogens is 532 g/mol. The first kappa shape index (κ1) is 28.1. The van der Waals surface area contributed by atoms with Crippen LogP contribution < -0.4 is 9.73 Å². The lowest BCUT2D eigenvalue weighted by atomic mass is 10.1. The Hall–Kier alpha value is -3.88. The van der Waals surface area contributed by atoms with Gasteiger partial charge in [0.2, 0.25) is 0 Å². The molecule has 0 unspecified atom stereocenters. The molecule has 0 aliphatic heterocycles. The maximum Gasteiger partial charge on any atom is 0.264 e. The number of aryl methyl sites for hydroxylation is 4. The number of sulfonamides is 1. The fraction of sp³-hybridized carbons (Fsp3) is 0.200. The molecule has 1 amide bonds. The first-order chi connectivity index (χ1) is 18.5. The van der Waals surface area contributed by atoms with Crippen LogP contribution in [-0.2, 0) is 14.8 Å². The van der Waals surface area contributed by atoms with Crippen molar-refractivity contribution in [3.8, 4) is 5.69 Å². The van der Waals surface area contributed by atoms with E-state index in [1.165, 1.54) is 23.8 Å². The number of benzene rings is 3. The van der Waals surface area contributed by atoms with Crippen LogP contribution in [0.2, 0.25) is 5.02 Å². The van der Waals surface area contributed by atoms with Crippen molar-refractivity contribution in [2.45, 2.75) is 39.5 Å². The summed E-state index contributed by atoms with van der Waals surface area (Å²) in [5.74, 6) is -0.592. The first-order valence-corrected chi connectivity index (χ1v) is 14.2. The molecule has 0 aliphatic carbocycles. The zero-order valence-electron chi connectivity index (χ0n) is 22.6. The predicted molar refractivity (Wildman–Crippen MR) is 158 cm³/mol. The molecule has 1 heterocycles. The largest absolute Gasteiger partial charge is 0.318 e. The Kier molecular flexibility index (Phi) is 8.28. The molecule has 7 nitrogen and oxygen atoms in total. The summed E-state index contributed by atoms with van der Waals surface area (Å²) >= 11 is 6.29. The Labute approximate surface area is 234 Å². The lowest BCUT2D eigenvalue weighted by molar-refractivity contribution is -0.119. The van der Waals surface area contributed by atoms with E-state index in [1.54, 1.807) is 36.5 Å². The fourth-order valence-corrected chi connectivity index (χ4v) is 6.07. The van der Waals surface area contributed by atoms with Crippen LogP contribution in [0.3, 0.4) is 0 Å². The van der Waals surface area contributed by atoms with E-state index in [1.807, 2.05) is 26.8 Å². The van der Waals surface area contributed by atoms with Gasteiger partial charge >= 0.3 is 0 Å². The van der Waals surface area contributed by atoms with E-state index in [4.69, 9.17) is 11.6 Å². The lowest BCUT2D eigenvalue weighted by Gasteiger charge is -2.24. The number of amides is 1. The van der Waals surface area contributed by atoms with Crippen LogP contribution in [0, 0.1) is 34.6 Å². The summed E-state index contributed by atoms with van der Waals surface area (Å²) in [6, 6.07) is 21.1. The molecule has 9 heteroatoms. The quantitative estimate of drug-likeness (QED) is 0.210. The van der Waals surface area contributed by atoms with Gasteiger partial charge in [-0.25, -0.2) is 13.8 Å². The van der Waals surface area contributed by atoms with Crippen molar-refractivity contribution in [1.29, 1.82) is 0 Å². The van der Waals surface area contributed by atoms with E-state index >= 15 is 0 Å². The number of carbonyl (C=O) groups is 1. The standard InChI is InChI=1S/C30H31ClN4O3S/c1-20-11-14-29(22(3)15-20)35-23(4)16-25(24(35)5)18-32-33-30(36)19-34(26-13-12-21(2)28(31)17-26)39(37,38)27-9-7-6-8-10-27/h6-18H,19H2,1-5H3,(H,33,36)/b32-18-. The third-order valence-electron chi connectivity index (χ3n) is 6.52. The number of carbonyl (C=O) groups excluding carboxylic acids is 1. The van der Waals surface area contributed by atoms with Crippen molar-refractivity contribution in [2.75, 3.05) is 10.8 Å². The first-order valence-electron chi connectivity index (χ1n) is 12.4. The number of halogens is 1. The molecule has 3 aromatic carbocycles. The third kappa shape index (κ3) is 6.08. The van der Waals surface area contributed by atoms with Crippen LogP contribution in [0.5, 0.6) is 0 Å². The molecule has 0 spiro atoms. The third-order valence-corrected chi connectivity index (χ3v) is 8.71. The van der Waals surface area contributed by atoms with Crippen molar-refractivity contribution in [2.24, 2.45) is 5.10 Å². The molecule has 4 rings (SSSR count). The zero-order chi connectivity index (χ0) is 28.3. The molecule has 39 heavy (non-hydrogen) atoms. The molecule has 202 valence electrons. The van der Waals surface area contributed by atoms with Crippen molar-refractivity contribution in [1.82, 2.24) is 9.99 Å². The van der Waals surface area contributed by atoms with E-state index in [0.29, 0.717) is 5.02 Å². The van der Waals surface area contributed by atoms with Gasteiger partial charge in [0.05, 0.1) is 16.8 Å². The van der Waals surface area contributed by atoms with Gasteiger partial charge in [-0.3, -0.25) is 9.10 Å². The minimum absolute atomic E-state index is 0.0665. The maximum atomic E-state index is 13.5. The summed E-state index contributed by atoms with van der Waals surface area (Å²) in [7, 11) is -4.04. The van der Waals surface area contributed by atoms with Crippen molar-refractivity contribution in [3.05, 3.63) is 111 Å². The number of hydrogen-bond donors (Lipinski definition) is 1. The molecule has 4 aromatic rings. The zero-order valence-corrected chi connectivity index (χ0v) is 24.1. The average Bonchev–Trinajstić information content (AvgIpc) is 3.17. The van der Waals surface area contributed by atoms with Crippen LogP contribution in [0.1, 0.15) is 33.6 Å². The maximum absolute atomic E-state index is 13.5. The van der Waals surface area contributed by atoms with Gasteiger partial charge < -0.3 is 4.57 Å². The van der Waals surface area contributed by atoms with Gasteiger partial charge in [-0.2, -0.15) is 5.10 Å². The SMILES string of the molecule is Cc1ccc(-n2c(C)cc(/C=N\NC(=O)CN(c3ccc(C)c(Cl)c3)S(=O)(=O)c3ccccc3)c2C)c(C)c1. The second-order valence-corrected chi connectivity index (χ2v) is 11.8. The van der Waals surface area contributed by atoms with Crippen molar-refractivity contribution in [3.63, 3.8) is 0 Å². The number of aromatic nitrogens is 1. The summed E-state index contributed by atoms with van der Waals surface area (Å²) in [6.45, 7) is 9.49. The average molecular weight is 563 g/mol. The highest BCUT2D eigenvalue weighted by molar-refractivity contribution is 7.92. The van der Waals surface area contributed by atoms with E-state index in [0.717, 1.165) is 38.1 Å². The second kappa shape index (κ2) is 11.5. The van der Waals surface area contributed by atoms with Gasteiger partial charge in [0.1, 0.15) is 6.54 Å². The molecule has 0 saturated carbocycles. The van der Waals surface area contributed by atoms with Gasteiger partial charge in [0, 0.05) is 27.7 Å². The molecular formula is C30H31ClN4O3S. The Morgan fingerprint density at radius 3 is 2.33 bits per heavy atom. The smallest absolute Gasteiger partial charge is 0.264 e. The van der Waals surface area contributed by atoms with E-state index in [-0.39, 0.29) is 10.6 Å². The van der Waals surface area contributed by atoms with E-state index < -0.39 is 22.5 Å². The highest BCUT2D eigenvalue weighted by Crippen LogP contribution is 2.28. The number of hydrogen-bond acceptors (Lipinski definition) is 4. The molecule has 0 aliphatic rings. The summed E-state index contributed by atoms with van der Waals surface area (Å²) in [5, 5.41) is 4.54. The Balaban J connectivity index is 1.57. The number of hydrazone groups is 1. The fourth-order valence-electron chi connectivity index (χ4n) is 4.46. The summed E-state index contributed by atoms with van der Waals surface area (Å²) in [5.41, 5.74) is 9.83. The Morgan fingerprint density at radius 2 is 1.67 bits per heavy atom. The monoisotopic (exact) mass is 562 g/mol. The Bertz CT molecular complexity index is 1660. The molecule has 0 fully saturated rings. The van der Waals surface area contributed by atoms with E-state index in [9.17, 15) is 13.2 Å². The number of rotatable bonds is 8. The summed E-state index contributed by atoms with van der Waals surface area (Å²) in [4.78, 5) is 13.0. The minimum atomic E-state index is -4.04. The summed E-state index contributed by atoms with van der Waals surface area (Å²) < 4.78 is 30.2. The predicted octanol–water partition coefficient (Wildman–Crippen LogP) is 6.02. The number of nitrogens with one attached hydrogen (secondary N) is 1. The normalized spacial score (nSPS) is 11.6. The van der Waals surface area contributed by atoms with Crippen LogP contribution in [0.25, 0.3) is 5.69 Å². The highest BCUT2D eigenvalue weighted by atomic mass is 35.5. The van der Waals surface area contributed by atoms with Crippen LogP contribution in [-0.4, -0.2) is 31.7 Å². The highest BCUT2D eigenvalue weighted by Gasteiger charge is 2.27. The lowest BCUT2D eigenvalue weighted by Crippen LogP contribution is -2.39. The molecule has 0 radical (unpaired) electrons. The number of nitrogens with zero attached hydrogens (tertiary/aromatic N) is 3. The van der Waals surface area contributed by atoms with Crippen molar-refractivity contribution < 1.29 is 13.2 Å². The van der Waals surface area contributed by atoms with Crippen LogP contribution in [0.15, 0.2) is 82.8 Å². The van der Waals surface area contributed by atoms with Gasteiger partial charge in [-0.05, 0) is 82.1 Å². The van der Waals surface area contributed by atoms with Gasteiger partial charge in [-0.15, -0.1) is 0 Å². The van der Waals surface area contributed by atoms with Crippen LogP contribution >= 0.6 is 11.6 Å². The molecule has 0 saturated heterocycles. The Morgan fingerprint density at radius 1 is 0.949 bits per heavy atom. The van der Waals surface area contributed by atoms with Gasteiger partial charge in [0.15, 0.2) is 0 Å². The number of anilines is 1. The molecule has 1 aromatic heterocycles. The van der Waals surface area contributed by atoms with Crippen molar-refractivity contribution >= 4 is 39.4 Å². The van der Waals surface area contributed by atoms with Gasteiger partial charge in [0.25, 0.3) is 15.9 Å². The molecule has 1 N–H and O–H groups in total. The topological polar surface area (TPSA) is 83.8 Å². The molecule has 0 atom stereocenters. The molecule has 0 bridgehead atoms. The van der Waals surface area contributed by atoms with Gasteiger partial charge in [-0.1, -0.05) is 53.6 Å². The minimum Gasteiger partial charge on any atom is -0.318 e. The second-order valence-electron chi connectivity index (χ2n) is 9.50. The van der Waals surface area contributed by atoms with E-state index in [2.05, 4.69) is 47.1 Å². The van der Waals surface area contributed by atoms with Crippen LogP contribution in [0.4, 0.5) is 5.69 Å².